The van der Waals surface area contributed by atoms with Crippen molar-refractivity contribution in [3.63, 3.8) is 0 Å². The van der Waals surface area contributed by atoms with E-state index in [0.29, 0.717) is 5.95 Å². The van der Waals surface area contributed by atoms with Crippen molar-refractivity contribution in [2.45, 2.75) is 18.4 Å². The summed E-state index contributed by atoms with van der Waals surface area (Å²) >= 11 is 3.24. The van der Waals surface area contributed by atoms with Crippen LogP contribution in [0.3, 0.4) is 0 Å². The minimum Gasteiger partial charge on any atom is -0.396 e. The molecule has 2 heterocycles. The van der Waals surface area contributed by atoms with Gasteiger partial charge in [0.05, 0.1) is 10.4 Å². The molecule has 0 aliphatic heterocycles. The van der Waals surface area contributed by atoms with Crippen LogP contribution >= 0.6 is 23.1 Å². The molecule has 0 bridgehead atoms. The topological polar surface area (TPSA) is 70.9 Å². The normalized spacial score (nSPS) is 10.8. The third-order valence-electron chi connectivity index (χ3n) is 3.23. The van der Waals surface area contributed by atoms with Gasteiger partial charge in [0.25, 0.3) is 0 Å². The van der Waals surface area contributed by atoms with Gasteiger partial charge in [-0.2, -0.15) is 0 Å². The number of thioether (sulfide) groups is 1. The lowest BCUT2D eigenvalue weighted by atomic mass is 10.1. The van der Waals surface area contributed by atoms with Gasteiger partial charge in [-0.05, 0) is 42.7 Å². The average Bonchev–Trinajstić information content (AvgIpc) is 3.09. The summed E-state index contributed by atoms with van der Waals surface area (Å²) in [7, 11) is 0. The van der Waals surface area contributed by atoms with Gasteiger partial charge in [0.2, 0.25) is 5.95 Å². The Bertz CT molecular complexity index is 793. The highest BCUT2D eigenvalue weighted by molar-refractivity contribution is 7.99. The number of anilines is 2. The van der Waals surface area contributed by atoms with Crippen LogP contribution < -0.4 is 5.32 Å². The summed E-state index contributed by atoms with van der Waals surface area (Å²) < 4.78 is 0. The van der Waals surface area contributed by atoms with Crippen molar-refractivity contribution in [3.8, 4) is 10.4 Å². The molecule has 2 aromatic heterocycles. The Hall–Kier alpha value is -1.96. The molecule has 0 saturated carbocycles. The zero-order valence-corrected chi connectivity index (χ0v) is 14.9. The van der Waals surface area contributed by atoms with Crippen LogP contribution in [0, 0.1) is 6.92 Å². The monoisotopic (exact) mass is 358 g/mol. The number of rotatable bonds is 7. The van der Waals surface area contributed by atoms with Crippen LogP contribution in [0.15, 0.2) is 47.2 Å². The van der Waals surface area contributed by atoms with Crippen molar-refractivity contribution in [1.82, 2.24) is 15.0 Å². The number of aliphatic hydroxyl groups is 1. The molecule has 24 heavy (non-hydrogen) atoms. The Morgan fingerprint density at radius 2 is 2.21 bits per heavy atom. The van der Waals surface area contributed by atoms with Gasteiger partial charge in [-0.1, -0.05) is 6.07 Å². The van der Waals surface area contributed by atoms with Crippen molar-refractivity contribution in [3.05, 3.63) is 47.7 Å². The number of nitrogens with zero attached hydrogens (tertiary/aromatic N) is 3. The summed E-state index contributed by atoms with van der Waals surface area (Å²) in [6.07, 6.45) is 4.38. The van der Waals surface area contributed by atoms with Crippen molar-refractivity contribution in [1.29, 1.82) is 0 Å². The zero-order chi connectivity index (χ0) is 16.8. The maximum Gasteiger partial charge on any atom is 0.228 e. The minimum atomic E-state index is 0.201. The van der Waals surface area contributed by atoms with E-state index >= 15 is 0 Å². The quantitative estimate of drug-likeness (QED) is 0.376. The first-order valence-corrected chi connectivity index (χ1v) is 9.45. The lowest BCUT2D eigenvalue weighted by Crippen LogP contribution is -1.98. The molecule has 3 rings (SSSR count). The third-order valence-corrected chi connectivity index (χ3v) is 5.07. The van der Waals surface area contributed by atoms with Crippen molar-refractivity contribution in [2.75, 3.05) is 17.7 Å². The Morgan fingerprint density at radius 1 is 1.29 bits per heavy atom. The molecule has 0 aliphatic carbocycles. The first-order valence-electron chi connectivity index (χ1n) is 7.59. The summed E-state index contributed by atoms with van der Waals surface area (Å²) in [6.45, 7) is 2.27. The van der Waals surface area contributed by atoms with Gasteiger partial charge >= 0.3 is 0 Å². The second kappa shape index (κ2) is 8.23. The largest absolute Gasteiger partial charge is 0.396 e. The number of hydrogen-bond donors (Lipinski definition) is 2. The molecule has 0 amide bonds. The summed E-state index contributed by atoms with van der Waals surface area (Å²) in [4.78, 5) is 14.1. The van der Waals surface area contributed by atoms with Crippen molar-refractivity contribution >= 4 is 34.7 Å². The molecular weight excluding hydrogens is 340 g/mol. The molecule has 7 heteroatoms. The molecule has 0 unspecified atom stereocenters. The zero-order valence-electron chi connectivity index (χ0n) is 13.3. The first-order chi connectivity index (χ1) is 11.7. The van der Waals surface area contributed by atoms with E-state index in [-0.39, 0.29) is 6.61 Å². The van der Waals surface area contributed by atoms with E-state index in [2.05, 4.69) is 45.4 Å². The summed E-state index contributed by atoms with van der Waals surface area (Å²) in [5.74, 6) is 1.41. The number of aryl methyl sites for hydroxylation is 1. The summed E-state index contributed by atoms with van der Waals surface area (Å²) in [5, 5.41) is 13.0. The van der Waals surface area contributed by atoms with E-state index in [9.17, 15) is 0 Å². The SMILES string of the molecule is Cc1cc(Nc2nccc(SCCCO)n2)cc(-c2cncs2)c1. The second-order valence-corrected chi connectivity index (χ2v) is 7.22. The van der Waals surface area contributed by atoms with Gasteiger partial charge < -0.3 is 10.4 Å². The summed E-state index contributed by atoms with van der Waals surface area (Å²) in [6, 6.07) is 8.17. The van der Waals surface area contributed by atoms with E-state index in [1.54, 1.807) is 29.3 Å². The molecule has 1 aromatic carbocycles. The Labute approximate surface area is 149 Å². The number of nitrogens with one attached hydrogen (secondary N) is 1. The fraction of sp³-hybridized carbons (Fsp3) is 0.235. The van der Waals surface area contributed by atoms with Crippen LogP contribution in [-0.4, -0.2) is 32.4 Å². The molecule has 2 N–H and O–H groups in total. The first kappa shape index (κ1) is 16.9. The average molecular weight is 358 g/mol. The Balaban J connectivity index is 1.77. The number of aliphatic hydroxyl groups excluding tert-OH is 1. The lowest BCUT2D eigenvalue weighted by molar-refractivity contribution is 0.296. The smallest absolute Gasteiger partial charge is 0.228 e. The van der Waals surface area contributed by atoms with Gasteiger partial charge in [0.1, 0.15) is 5.03 Å². The predicted octanol–water partition coefficient (Wildman–Crippen LogP) is 4.13. The van der Waals surface area contributed by atoms with Gasteiger partial charge in [0.15, 0.2) is 0 Å². The third kappa shape index (κ3) is 4.53. The van der Waals surface area contributed by atoms with E-state index in [4.69, 9.17) is 5.11 Å². The van der Waals surface area contributed by atoms with Crippen molar-refractivity contribution < 1.29 is 5.11 Å². The molecule has 124 valence electrons. The minimum absolute atomic E-state index is 0.201. The van der Waals surface area contributed by atoms with E-state index in [0.717, 1.165) is 38.9 Å². The molecule has 0 radical (unpaired) electrons. The van der Waals surface area contributed by atoms with Crippen molar-refractivity contribution in [2.24, 2.45) is 0 Å². The highest BCUT2D eigenvalue weighted by atomic mass is 32.2. The fourth-order valence-corrected chi connectivity index (χ4v) is 3.61. The van der Waals surface area contributed by atoms with Gasteiger partial charge in [-0.15, -0.1) is 23.1 Å². The molecule has 0 aliphatic rings. The van der Waals surface area contributed by atoms with E-state index < -0.39 is 0 Å². The van der Waals surface area contributed by atoms with Gasteiger partial charge in [-0.25, -0.2) is 9.97 Å². The van der Waals surface area contributed by atoms with Gasteiger partial charge in [-0.3, -0.25) is 4.98 Å². The van der Waals surface area contributed by atoms with E-state index in [1.165, 1.54) is 0 Å². The molecule has 0 spiro atoms. The fourth-order valence-electron chi connectivity index (χ4n) is 2.21. The summed E-state index contributed by atoms with van der Waals surface area (Å²) in [5.41, 5.74) is 5.09. The Morgan fingerprint density at radius 3 is 3.00 bits per heavy atom. The number of thiazole rings is 1. The predicted molar refractivity (Wildman–Crippen MR) is 100 cm³/mol. The van der Waals surface area contributed by atoms with Crippen LogP contribution in [0.1, 0.15) is 12.0 Å². The maximum atomic E-state index is 8.86. The van der Waals surface area contributed by atoms with Crippen LogP contribution in [0.25, 0.3) is 10.4 Å². The molecule has 0 saturated heterocycles. The number of hydrogen-bond acceptors (Lipinski definition) is 7. The standard InChI is InChI=1S/C17H18N4OS2/c1-12-7-13(15-10-18-11-24-15)9-14(8-12)20-17-19-4-3-16(21-17)23-6-2-5-22/h3-4,7-11,22H,2,5-6H2,1H3,(H,19,20,21). The second-order valence-electron chi connectivity index (χ2n) is 5.22. The highest BCUT2D eigenvalue weighted by Crippen LogP contribution is 2.28. The molecule has 0 fully saturated rings. The molecule has 3 aromatic rings. The van der Waals surface area contributed by atoms with E-state index in [1.807, 2.05) is 17.8 Å². The molecule has 5 nitrogen and oxygen atoms in total. The number of aromatic nitrogens is 3. The van der Waals surface area contributed by atoms with Gasteiger partial charge in [0, 0.05) is 30.4 Å². The highest BCUT2D eigenvalue weighted by Gasteiger charge is 2.05. The van der Waals surface area contributed by atoms with Crippen LogP contribution in [-0.2, 0) is 0 Å². The lowest BCUT2D eigenvalue weighted by Gasteiger charge is -2.09. The maximum absolute atomic E-state index is 8.86. The van der Waals surface area contributed by atoms with Crippen LogP contribution in [0.2, 0.25) is 0 Å². The molecular formula is C17H18N4OS2. The van der Waals surface area contributed by atoms with Crippen LogP contribution in [0.5, 0.6) is 0 Å². The number of benzene rings is 1. The molecule has 0 atom stereocenters. The Kier molecular flexibility index (Phi) is 5.79. The van der Waals surface area contributed by atoms with Crippen LogP contribution in [0.4, 0.5) is 11.6 Å².